The van der Waals surface area contributed by atoms with E-state index >= 15 is 0 Å². The van der Waals surface area contributed by atoms with Crippen LogP contribution in [-0.2, 0) is 11.3 Å². The van der Waals surface area contributed by atoms with Crippen molar-refractivity contribution in [1.82, 2.24) is 10.2 Å². The molecule has 0 spiro atoms. The SMILES string of the molecule is C=CC(=O)NCc1cccc(C2CCN(C(=O)c3ccc(O)c(O)c3)CC2)c1. The van der Waals surface area contributed by atoms with Crippen LogP contribution in [0.25, 0.3) is 0 Å². The average molecular weight is 380 g/mol. The quantitative estimate of drug-likeness (QED) is 0.550. The molecule has 146 valence electrons. The first-order valence-corrected chi connectivity index (χ1v) is 9.28. The molecule has 6 heteroatoms. The summed E-state index contributed by atoms with van der Waals surface area (Å²) in [5, 5.41) is 21.8. The van der Waals surface area contributed by atoms with E-state index in [0.29, 0.717) is 31.1 Å². The summed E-state index contributed by atoms with van der Waals surface area (Å²) in [5.41, 5.74) is 2.61. The smallest absolute Gasteiger partial charge is 0.253 e. The summed E-state index contributed by atoms with van der Waals surface area (Å²) in [6.07, 6.45) is 2.95. The molecule has 0 aromatic heterocycles. The topological polar surface area (TPSA) is 89.9 Å². The minimum Gasteiger partial charge on any atom is -0.504 e. The van der Waals surface area contributed by atoms with E-state index in [1.54, 1.807) is 4.90 Å². The maximum absolute atomic E-state index is 12.6. The number of nitrogens with zero attached hydrogens (tertiary/aromatic N) is 1. The predicted molar refractivity (Wildman–Crippen MR) is 106 cm³/mol. The minimum absolute atomic E-state index is 0.144. The van der Waals surface area contributed by atoms with E-state index in [1.807, 2.05) is 12.1 Å². The van der Waals surface area contributed by atoms with Crippen LogP contribution in [0.1, 0.15) is 40.2 Å². The lowest BCUT2D eigenvalue weighted by Crippen LogP contribution is -2.37. The summed E-state index contributed by atoms with van der Waals surface area (Å²) in [6, 6.07) is 12.3. The Bertz CT molecular complexity index is 886. The van der Waals surface area contributed by atoms with Crippen molar-refractivity contribution >= 4 is 11.8 Å². The number of aromatic hydroxyl groups is 2. The predicted octanol–water partition coefficient (Wildman–Crippen LogP) is 2.92. The Morgan fingerprint density at radius 3 is 2.54 bits per heavy atom. The fourth-order valence-corrected chi connectivity index (χ4v) is 3.47. The molecule has 3 rings (SSSR count). The number of phenols is 2. The lowest BCUT2D eigenvalue weighted by molar-refractivity contribution is -0.116. The number of amides is 2. The number of rotatable bonds is 5. The Hall–Kier alpha value is -3.28. The van der Waals surface area contributed by atoms with Crippen LogP contribution in [0, 0.1) is 0 Å². The van der Waals surface area contributed by atoms with E-state index in [0.717, 1.165) is 18.4 Å². The second kappa shape index (κ2) is 8.61. The Kier molecular flexibility index (Phi) is 5.99. The number of piperidine rings is 1. The molecule has 0 saturated carbocycles. The van der Waals surface area contributed by atoms with Crippen LogP contribution >= 0.6 is 0 Å². The van der Waals surface area contributed by atoms with Crippen LogP contribution in [0.4, 0.5) is 0 Å². The highest BCUT2D eigenvalue weighted by atomic mass is 16.3. The number of nitrogens with one attached hydrogen (secondary N) is 1. The maximum Gasteiger partial charge on any atom is 0.253 e. The molecule has 1 aliphatic heterocycles. The maximum atomic E-state index is 12.6. The molecule has 0 radical (unpaired) electrons. The van der Waals surface area contributed by atoms with Crippen molar-refractivity contribution in [3.63, 3.8) is 0 Å². The molecule has 28 heavy (non-hydrogen) atoms. The zero-order valence-electron chi connectivity index (χ0n) is 15.6. The largest absolute Gasteiger partial charge is 0.504 e. The number of likely N-dealkylation sites (tertiary alicyclic amines) is 1. The lowest BCUT2D eigenvalue weighted by Gasteiger charge is -2.32. The molecular weight excluding hydrogens is 356 g/mol. The molecule has 3 N–H and O–H groups in total. The van der Waals surface area contributed by atoms with Gasteiger partial charge in [-0.25, -0.2) is 0 Å². The van der Waals surface area contributed by atoms with E-state index in [1.165, 1.54) is 29.8 Å². The highest BCUT2D eigenvalue weighted by molar-refractivity contribution is 5.95. The van der Waals surface area contributed by atoms with Crippen molar-refractivity contribution in [2.75, 3.05) is 13.1 Å². The van der Waals surface area contributed by atoms with E-state index in [-0.39, 0.29) is 23.3 Å². The van der Waals surface area contributed by atoms with Gasteiger partial charge in [-0.1, -0.05) is 30.8 Å². The van der Waals surface area contributed by atoms with Crippen LogP contribution in [-0.4, -0.2) is 40.0 Å². The third kappa shape index (κ3) is 4.52. The van der Waals surface area contributed by atoms with Gasteiger partial charge in [0.15, 0.2) is 11.5 Å². The fraction of sp³-hybridized carbons (Fsp3) is 0.273. The molecule has 0 aliphatic carbocycles. The Labute approximate surface area is 164 Å². The van der Waals surface area contributed by atoms with Crippen LogP contribution in [0.5, 0.6) is 11.5 Å². The van der Waals surface area contributed by atoms with E-state index in [9.17, 15) is 19.8 Å². The van der Waals surface area contributed by atoms with Crippen LogP contribution in [0.15, 0.2) is 55.1 Å². The summed E-state index contributed by atoms with van der Waals surface area (Å²) >= 11 is 0. The highest BCUT2D eigenvalue weighted by Gasteiger charge is 2.25. The van der Waals surface area contributed by atoms with Crippen molar-refractivity contribution in [1.29, 1.82) is 0 Å². The van der Waals surface area contributed by atoms with Gasteiger partial charge in [0.05, 0.1) is 0 Å². The van der Waals surface area contributed by atoms with Crippen LogP contribution in [0.3, 0.4) is 0 Å². The fourth-order valence-electron chi connectivity index (χ4n) is 3.47. The first kappa shape index (κ1) is 19.5. The molecule has 1 aliphatic rings. The molecular formula is C22H24N2O4. The monoisotopic (exact) mass is 380 g/mol. The summed E-state index contributed by atoms with van der Waals surface area (Å²) in [6.45, 7) is 5.16. The Morgan fingerprint density at radius 2 is 1.86 bits per heavy atom. The summed E-state index contributed by atoms with van der Waals surface area (Å²) in [5.74, 6) is -0.514. The van der Waals surface area contributed by atoms with Crippen molar-refractivity contribution < 1.29 is 19.8 Å². The van der Waals surface area contributed by atoms with E-state index < -0.39 is 0 Å². The number of carbonyl (C=O) groups is 2. The van der Waals surface area contributed by atoms with E-state index in [2.05, 4.69) is 24.0 Å². The Balaban J connectivity index is 1.60. The van der Waals surface area contributed by atoms with Gasteiger partial charge in [0.1, 0.15) is 0 Å². The number of hydrogen-bond acceptors (Lipinski definition) is 4. The third-order valence-corrected chi connectivity index (χ3v) is 5.08. The molecule has 2 amide bonds. The van der Waals surface area contributed by atoms with Gasteiger partial charge in [-0.15, -0.1) is 0 Å². The minimum atomic E-state index is -0.291. The zero-order valence-corrected chi connectivity index (χ0v) is 15.6. The normalized spacial score (nSPS) is 14.5. The van der Waals surface area contributed by atoms with Gasteiger partial charge in [-0.3, -0.25) is 9.59 Å². The van der Waals surface area contributed by atoms with Gasteiger partial charge in [-0.05, 0) is 54.2 Å². The van der Waals surface area contributed by atoms with E-state index in [4.69, 9.17) is 0 Å². The molecule has 6 nitrogen and oxygen atoms in total. The molecule has 1 fully saturated rings. The standard InChI is InChI=1S/C22H24N2O4/c1-2-21(27)23-14-15-4-3-5-17(12-15)16-8-10-24(11-9-16)22(28)18-6-7-19(25)20(26)13-18/h2-7,12-13,16,25-26H,1,8-11,14H2,(H,23,27). The molecule has 0 bridgehead atoms. The Morgan fingerprint density at radius 1 is 1.11 bits per heavy atom. The molecule has 0 atom stereocenters. The number of carbonyl (C=O) groups excluding carboxylic acids is 2. The number of phenolic OH excluding ortho intramolecular Hbond substituents is 2. The lowest BCUT2D eigenvalue weighted by atomic mass is 9.88. The summed E-state index contributed by atoms with van der Waals surface area (Å²) in [7, 11) is 0. The molecule has 1 saturated heterocycles. The highest BCUT2D eigenvalue weighted by Crippen LogP contribution is 2.30. The number of hydrogen-bond donors (Lipinski definition) is 3. The van der Waals surface area contributed by atoms with Crippen molar-refractivity contribution in [2.45, 2.75) is 25.3 Å². The number of benzene rings is 2. The van der Waals surface area contributed by atoms with Crippen LogP contribution < -0.4 is 5.32 Å². The van der Waals surface area contributed by atoms with Gasteiger partial charge >= 0.3 is 0 Å². The molecule has 0 unspecified atom stereocenters. The van der Waals surface area contributed by atoms with Gasteiger partial charge in [0.25, 0.3) is 5.91 Å². The molecule has 2 aromatic rings. The first-order chi connectivity index (χ1) is 13.5. The summed E-state index contributed by atoms with van der Waals surface area (Å²) < 4.78 is 0. The first-order valence-electron chi connectivity index (χ1n) is 9.28. The second-order valence-corrected chi connectivity index (χ2v) is 6.94. The zero-order chi connectivity index (χ0) is 20.1. The van der Waals surface area contributed by atoms with Gasteiger partial charge in [0.2, 0.25) is 5.91 Å². The van der Waals surface area contributed by atoms with Crippen molar-refractivity contribution in [3.8, 4) is 11.5 Å². The molecule has 1 heterocycles. The van der Waals surface area contributed by atoms with Gasteiger partial charge in [-0.2, -0.15) is 0 Å². The van der Waals surface area contributed by atoms with Gasteiger partial charge < -0.3 is 20.4 Å². The third-order valence-electron chi connectivity index (χ3n) is 5.08. The summed E-state index contributed by atoms with van der Waals surface area (Å²) in [4.78, 5) is 25.7. The van der Waals surface area contributed by atoms with Crippen molar-refractivity contribution in [3.05, 3.63) is 71.8 Å². The second-order valence-electron chi connectivity index (χ2n) is 6.94. The average Bonchev–Trinajstić information content (AvgIpc) is 2.73. The van der Waals surface area contributed by atoms with Gasteiger partial charge in [0, 0.05) is 25.2 Å². The van der Waals surface area contributed by atoms with Crippen molar-refractivity contribution in [2.24, 2.45) is 0 Å². The van der Waals surface area contributed by atoms with Crippen LogP contribution in [0.2, 0.25) is 0 Å². The molecule has 2 aromatic carbocycles.